The zero-order valence-electron chi connectivity index (χ0n) is 10.8. The molecule has 1 aromatic carbocycles. The Kier molecular flexibility index (Phi) is 5.00. The number of unbranched alkanes of at least 4 members (excludes halogenated alkanes) is 2. The zero-order valence-corrected chi connectivity index (χ0v) is 11.7. The van der Waals surface area contributed by atoms with Crippen LogP contribution in [0.3, 0.4) is 0 Å². The van der Waals surface area contributed by atoms with Crippen LogP contribution in [0, 0.1) is 0 Å². The summed E-state index contributed by atoms with van der Waals surface area (Å²) in [7, 11) is 0. The number of hydrogen-bond acceptors (Lipinski definition) is 4. The number of amides is 1. The first-order chi connectivity index (χ1) is 9.66. The second-order valence-electron chi connectivity index (χ2n) is 4.43. The van der Waals surface area contributed by atoms with Crippen molar-refractivity contribution in [3.05, 3.63) is 23.8 Å². The third-order valence-electron chi connectivity index (χ3n) is 2.87. The number of carboxylic acids is 1. The van der Waals surface area contributed by atoms with Crippen molar-refractivity contribution in [2.75, 3.05) is 6.54 Å². The lowest BCUT2D eigenvalue weighted by Crippen LogP contribution is -2.24. The van der Waals surface area contributed by atoms with Crippen LogP contribution in [0.1, 0.15) is 36.0 Å². The van der Waals surface area contributed by atoms with E-state index in [1.165, 1.54) is 0 Å². The van der Waals surface area contributed by atoms with Gasteiger partial charge in [0.25, 0.3) is 5.91 Å². The molecule has 0 spiro atoms. The normalized spacial score (nSPS) is 11.8. The highest BCUT2D eigenvalue weighted by Crippen LogP contribution is 2.31. The van der Waals surface area contributed by atoms with E-state index in [4.69, 9.17) is 5.11 Å². The molecule has 0 radical (unpaired) electrons. The van der Waals surface area contributed by atoms with Crippen LogP contribution in [0.25, 0.3) is 0 Å². The first-order valence-corrected chi connectivity index (χ1v) is 7.12. The first-order valence-electron chi connectivity index (χ1n) is 6.39. The minimum absolute atomic E-state index is 0.141. The topological polar surface area (TPSA) is 91.1 Å². The summed E-state index contributed by atoms with van der Waals surface area (Å²) in [5.41, 5.74) is 2.08. The lowest BCUT2D eigenvalue weighted by Gasteiger charge is -2.05. The largest absolute Gasteiger partial charge is 0.481 e. The van der Waals surface area contributed by atoms with E-state index in [0.29, 0.717) is 18.5 Å². The number of carbonyl (C=O) groups is 2. The van der Waals surface area contributed by atoms with Crippen molar-refractivity contribution in [3.8, 4) is 0 Å². The fourth-order valence-electron chi connectivity index (χ4n) is 1.81. The predicted molar refractivity (Wildman–Crippen MR) is 76.4 cm³/mol. The quantitative estimate of drug-likeness (QED) is 0.769. The van der Waals surface area contributed by atoms with Gasteiger partial charge in [-0.2, -0.15) is 8.73 Å². The fourth-order valence-corrected chi connectivity index (χ4v) is 2.32. The molecule has 1 heterocycles. The molecule has 106 valence electrons. The number of fused-ring (bicyclic) bond motifs is 1. The number of benzene rings is 1. The van der Waals surface area contributed by atoms with Crippen LogP contribution in [-0.4, -0.2) is 23.5 Å². The lowest BCUT2D eigenvalue weighted by molar-refractivity contribution is -0.137. The molecule has 1 amide bonds. The fraction of sp³-hybridized carbons (Fsp3) is 0.385. The maximum Gasteiger partial charge on any atom is 0.303 e. The predicted octanol–water partition coefficient (Wildman–Crippen LogP) is 2.79. The van der Waals surface area contributed by atoms with Crippen LogP contribution in [0.5, 0.6) is 0 Å². The van der Waals surface area contributed by atoms with E-state index in [2.05, 4.69) is 14.0 Å². The average Bonchev–Trinajstić information content (AvgIpc) is 2.89. The van der Waals surface area contributed by atoms with E-state index in [-0.39, 0.29) is 12.3 Å². The standard InChI is InChI=1S/C13H15N3O3S/c17-12(18)4-2-1-3-7-14-13(19)9-5-6-10-11(8-9)16-20-15-10/h5-6,8H,1-4,7H2,(H,14,19)(H,17,18). The molecule has 0 aliphatic carbocycles. The minimum Gasteiger partial charge on any atom is -0.481 e. The number of carbonyl (C=O) groups excluding carboxylic acids is 1. The molecule has 7 heteroatoms. The summed E-state index contributed by atoms with van der Waals surface area (Å²) in [4.78, 5) is 22.2. The SMILES string of the molecule is O=C(O)CCCCCNC(=O)c1ccc2c(c1)N=S=N2. The molecule has 2 rings (SSSR count). The van der Waals surface area contributed by atoms with Crippen molar-refractivity contribution in [1.29, 1.82) is 0 Å². The van der Waals surface area contributed by atoms with Crippen molar-refractivity contribution in [3.63, 3.8) is 0 Å². The molecule has 6 nitrogen and oxygen atoms in total. The van der Waals surface area contributed by atoms with E-state index in [0.717, 1.165) is 35.6 Å². The Morgan fingerprint density at radius 3 is 2.75 bits per heavy atom. The van der Waals surface area contributed by atoms with Crippen molar-refractivity contribution in [2.45, 2.75) is 25.7 Å². The summed E-state index contributed by atoms with van der Waals surface area (Å²) in [6.07, 6.45) is 2.39. The van der Waals surface area contributed by atoms with Crippen LogP contribution in [0.2, 0.25) is 0 Å². The molecule has 1 aliphatic rings. The molecule has 1 aromatic rings. The zero-order chi connectivity index (χ0) is 14.4. The van der Waals surface area contributed by atoms with Crippen molar-refractivity contribution in [1.82, 2.24) is 5.32 Å². The van der Waals surface area contributed by atoms with Gasteiger partial charge in [0.15, 0.2) is 0 Å². The molecular formula is C13H15N3O3S. The van der Waals surface area contributed by atoms with Crippen LogP contribution in [0.15, 0.2) is 26.9 Å². The highest BCUT2D eigenvalue weighted by molar-refractivity contribution is 7.58. The van der Waals surface area contributed by atoms with Gasteiger partial charge in [-0.25, -0.2) is 0 Å². The highest BCUT2D eigenvalue weighted by atomic mass is 32.1. The molecule has 0 bridgehead atoms. The third kappa shape index (κ3) is 3.99. The molecule has 20 heavy (non-hydrogen) atoms. The summed E-state index contributed by atoms with van der Waals surface area (Å²) in [6.45, 7) is 0.547. The molecule has 0 aromatic heterocycles. The van der Waals surface area contributed by atoms with Crippen LogP contribution >= 0.6 is 0 Å². The van der Waals surface area contributed by atoms with Crippen molar-refractivity contribution < 1.29 is 14.7 Å². The Hall–Kier alpha value is -2.02. The maximum absolute atomic E-state index is 11.9. The van der Waals surface area contributed by atoms with Gasteiger partial charge in [-0.05, 0) is 31.0 Å². The summed E-state index contributed by atoms with van der Waals surface area (Å²) in [5.74, 6) is -0.919. The van der Waals surface area contributed by atoms with Gasteiger partial charge in [-0.15, -0.1) is 0 Å². The van der Waals surface area contributed by atoms with Gasteiger partial charge in [0, 0.05) is 18.5 Å². The molecule has 0 fully saturated rings. The number of rotatable bonds is 7. The Morgan fingerprint density at radius 2 is 1.95 bits per heavy atom. The number of carboxylic acid groups (broad SMARTS) is 1. The molecule has 0 saturated heterocycles. The van der Waals surface area contributed by atoms with Gasteiger partial charge >= 0.3 is 5.97 Å². The third-order valence-corrected chi connectivity index (χ3v) is 3.43. The van der Waals surface area contributed by atoms with E-state index in [9.17, 15) is 9.59 Å². The first kappa shape index (κ1) is 14.4. The molecule has 0 unspecified atom stereocenters. The summed E-state index contributed by atoms with van der Waals surface area (Å²) >= 11 is 1.12. The summed E-state index contributed by atoms with van der Waals surface area (Å²) in [6, 6.07) is 5.22. The molecule has 0 atom stereocenters. The molecular weight excluding hydrogens is 278 g/mol. The van der Waals surface area contributed by atoms with E-state index in [1.54, 1.807) is 18.2 Å². The van der Waals surface area contributed by atoms with Crippen LogP contribution in [0.4, 0.5) is 11.4 Å². The van der Waals surface area contributed by atoms with E-state index < -0.39 is 5.97 Å². The van der Waals surface area contributed by atoms with E-state index in [1.807, 2.05) is 0 Å². The van der Waals surface area contributed by atoms with Crippen LogP contribution < -0.4 is 5.32 Å². The van der Waals surface area contributed by atoms with Crippen molar-refractivity contribution in [2.24, 2.45) is 8.73 Å². The summed E-state index contributed by atoms with van der Waals surface area (Å²) < 4.78 is 8.17. The van der Waals surface area contributed by atoms with Gasteiger partial charge in [0.1, 0.15) is 11.4 Å². The van der Waals surface area contributed by atoms with Gasteiger partial charge < -0.3 is 10.4 Å². The minimum atomic E-state index is -0.779. The number of aliphatic carboxylic acids is 1. The second kappa shape index (κ2) is 6.95. The molecule has 2 N–H and O–H groups in total. The maximum atomic E-state index is 11.9. The Labute approximate surface area is 120 Å². The van der Waals surface area contributed by atoms with Crippen molar-refractivity contribution >= 4 is 34.6 Å². The summed E-state index contributed by atoms with van der Waals surface area (Å²) in [5, 5.41) is 11.3. The smallest absolute Gasteiger partial charge is 0.303 e. The number of nitrogens with one attached hydrogen (secondary N) is 1. The molecule has 1 aliphatic heterocycles. The molecule has 0 saturated carbocycles. The van der Waals surface area contributed by atoms with Gasteiger partial charge in [-0.3, -0.25) is 9.59 Å². The average molecular weight is 293 g/mol. The Morgan fingerprint density at radius 1 is 1.15 bits per heavy atom. The second-order valence-corrected chi connectivity index (χ2v) is 4.96. The Bertz CT molecular complexity index is 595. The number of nitrogens with zero attached hydrogens (tertiary/aromatic N) is 2. The van der Waals surface area contributed by atoms with Crippen LogP contribution in [-0.2, 0) is 16.1 Å². The van der Waals surface area contributed by atoms with Gasteiger partial charge in [0.05, 0.1) is 11.4 Å². The highest BCUT2D eigenvalue weighted by Gasteiger charge is 2.10. The van der Waals surface area contributed by atoms with Gasteiger partial charge in [-0.1, -0.05) is 6.42 Å². The monoisotopic (exact) mass is 293 g/mol. The lowest BCUT2D eigenvalue weighted by atomic mass is 10.1. The number of hydrogen-bond donors (Lipinski definition) is 2. The van der Waals surface area contributed by atoms with E-state index >= 15 is 0 Å². The van der Waals surface area contributed by atoms with Gasteiger partial charge in [0.2, 0.25) is 0 Å². The Balaban J connectivity index is 1.73.